The Hall–Kier alpha value is -0.0400. The number of amides is 1. The van der Waals surface area contributed by atoms with Crippen LogP contribution in [-0.4, -0.2) is 34.9 Å². The summed E-state index contributed by atoms with van der Waals surface area (Å²) in [7, 11) is 0. The highest BCUT2D eigenvalue weighted by Gasteiger charge is 2.28. The highest BCUT2D eigenvalue weighted by molar-refractivity contribution is 14.1. The molecule has 1 aliphatic rings. The normalized spacial score (nSPS) is 19.4. The van der Waals surface area contributed by atoms with Crippen molar-refractivity contribution in [3.8, 4) is 0 Å². The summed E-state index contributed by atoms with van der Waals surface area (Å²) in [5, 5.41) is 2.80. The molecule has 1 atom stereocenters. The maximum Gasteiger partial charge on any atom is 0.407 e. The summed E-state index contributed by atoms with van der Waals surface area (Å²) in [5.74, 6) is 0.712. The zero-order chi connectivity index (χ0) is 14.5. The number of carbonyl (C=O) groups excluding carboxylic acids is 1. The minimum absolute atomic E-state index is 0.312. The van der Waals surface area contributed by atoms with Crippen LogP contribution in [0.25, 0.3) is 0 Å². The molecular weight excluding hydrogens is 357 g/mol. The highest BCUT2D eigenvalue weighted by Crippen LogP contribution is 2.28. The fourth-order valence-corrected chi connectivity index (χ4v) is 2.18. The van der Waals surface area contributed by atoms with E-state index in [-0.39, 0.29) is 11.7 Å². The summed E-state index contributed by atoms with van der Waals surface area (Å²) >= 11 is 2.30. The van der Waals surface area contributed by atoms with Crippen molar-refractivity contribution in [2.75, 3.05) is 17.6 Å². The third-order valence-corrected chi connectivity index (χ3v) is 4.79. The molecule has 1 N–H and O–H groups in total. The van der Waals surface area contributed by atoms with Crippen molar-refractivity contribution in [1.29, 1.82) is 0 Å². The zero-order valence-electron chi connectivity index (χ0n) is 12.4. The second-order valence-electron chi connectivity index (χ2n) is 6.55. The first-order valence-corrected chi connectivity index (χ1v) is 8.43. The van der Waals surface area contributed by atoms with Crippen LogP contribution >= 0.6 is 22.6 Å². The van der Waals surface area contributed by atoms with Crippen LogP contribution in [0.3, 0.4) is 0 Å². The Bertz CT molecular complexity index is 300. The minimum Gasteiger partial charge on any atom is -0.444 e. The lowest BCUT2D eigenvalue weighted by molar-refractivity contribution is -0.0423. The number of alkyl carbamates (subject to hydrolysis) is 1. The Labute approximate surface area is 130 Å². The third kappa shape index (κ3) is 6.79. The van der Waals surface area contributed by atoms with Crippen molar-refractivity contribution < 1.29 is 14.3 Å². The molecule has 112 valence electrons. The SMILES string of the molecule is CC(C)(C)OC(=O)NCC(C)(CI)OCC1CCC1. The number of carbonyl (C=O) groups is 1. The molecule has 5 heteroatoms. The average Bonchev–Trinajstić information content (AvgIpc) is 2.22. The Morgan fingerprint density at radius 3 is 2.37 bits per heavy atom. The highest BCUT2D eigenvalue weighted by atomic mass is 127. The third-order valence-electron chi connectivity index (χ3n) is 3.18. The summed E-state index contributed by atoms with van der Waals surface area (Å²) in [6.07, 6.45) is 3.49. The maximum absolute atomic E-state index is 11.6. The van der Waals surface area contributed by atoms with Crippen molar-refractivity contribution in [3.05, 3.63) is 0 Å². The van der Waals surface area contributed by atoms with Gasteiger partial charge in [0, 0.05) is 4.43 Å². The van der Waals surface area contributed by atoms with Crippen LogP contribution < -0.4 is 5.32 Å². The molecule has 1 fully saturated rings. The fraction of sp³-hybridized carbons (Fsp3) is 0.929. The van der Waals surface area contributed by atoms with Crippen molar-refractivity contribution >= 4 is 28.7 Å². The summed E-state index contributed by atoms with van der Waals surface area (Å²) in [6, 6.07) is 0. The average molecular weight is 383 g/mol. The monoisotopic (exact) mass is 383 g/mol. The molecule has 1 aliphatic carbocycles. The molecule has 1 amide bonds. The lowest BCUT2D eigenvalue weighted by Gasteiger charge is -2.33. The van der Waals surface area contributed by atoms with Gasteiger partial charge in [-0.1, -0.05) is 29.0 Å². The van der Waals surface area contributed by atoms with Gasteiger partial charge in [-0.05, 0) is 46.5 Å². The van der Waals surface area contributed by atoms with Crippen LogP contribution in [0.15, 0.2) is 0 Å². The first-order valence-electron chi connectivity index (χ1n) is 6.91. The van der Waals surface area contributed by atoms with Crippen molar-refractivity contribution in [2.24, 2.45) is 5.92 Å². The molecule has 0 aromatic carbocycles. The van der Waals surface area contributed by atoms with E-state index in [1.54, 1.807) is 0 Å². The van der Waals surface area contributed by atoms with Gasteiger partial charge < -0.3 is 14.8 Å². The predicted octanol–water partition coefficient (Wildman–Crippen LogP) is 3.52. The zero-order valence-corrected chi connectivity index (χ0v) is 14.6. The summed E-state index contributed by atoms with van der Waals surface area (Å²) < 4.78 is 12.1. The van der Waals surface area contributed by atoms with Gasteiger partial charge in [-0.3, -0.25) is 0 Å². The topological polar surface area (TPSA) is 47.6 Å². The molecule has 0 aromatic rings. The lowest BCUT2D eigenvalue weighted by Crippen LogP contribution is -2.46. The molecule has 0 radical (unpaired) electrons. The number of rotatable bonds is 6. The maximum atomic E-state index is 11.6. The molecule has 0 spiro atoms. The first-order chi connectivity index (χ1) is 8.74. The standard InChI is InChI=1S/C14H26INO3/c1-13(2,3)19-12(17)16-10-14(4,9-15)18-8-11-6-5-7-11/h11H,5-10H2,1-4H3,(H,16,17). The fourth-order valence-electron chi connectivity index (χ4n) is 1.69. The van der Waals surface area contributed by atoms with E-state index in [4.69, 9.17) is 9.47 Å². The number of hydrogen-bond acceptors (Lipinski definition) is 3. The van der Waals surface area contributed by atoms with E-state index in [2.05, 4.69) is 27.9 Å². The van der Waals surface area contributed by atoms with Gasteiger partial charge in [-0.15, -0.1) is 0 Å². The van der Waals surface area contributed by atoms with Gasteiger partial charge in [0.25, 0.3) is 0 Å². The van der Waals surface area contributed by atoms with Gasteiger partial charge >= 0.3 is 6.09 Å². The van der Waals surface area contributed by atoms with Gasteiger partial charge in [-0.2, -0.15) is 0 Å². The van der Waals surface area contributed by atoms with Gasteiger partial charge in [0.15, 0.2) is 0 Å². The number of hydrogen-bond donors (Lipinski definition) is 1. The van der Waals surface area contributed by atoms with Crippen LogP contribution in [0.4, 0.5) is 4.79 Å². The Kier molecular flexibility index (Phi) is 6.36. The van der Waals surface area contributed by atoms with E-state index in [0.717, 1.165) is 11.0 Å². The summed E-state index contributed by atoms with van der Waals surface area (Å²) in [5.41, 5.74) is -0.773. The molecule has 1 rings (SSSR count). The largest absolute Gasteiger partial charge is 0.444 e. The first kappa shape index (κ1) is 17.0. The second kappa shape index (κ2) is 7.11. The van der Waals surface area contributed by atoms with Crippen LogP contribution in [0.1, 0.15) is 47.0 Å². The van der Waals surface area contributed by atoms with Gasteiger partial charge in [0.1, 0.15) is 5.60 Å². The molecular formula is C14H26INO3. The molecule has 4 nitrogen and oxygen atoms in total. The van der Waals surface area contributed by atoms with Gasteiger partial charge in [0.05, 0.1) is 18.8 Å². The predicted molar refractivity (Wildman–Crippen MR) is 84.8 cm³/mol. The van der Waals surface area contributed by atoms with Crippen LogP contribution in [-0.2, 0) is 9.47 Å². The van der Waals surface area contributed by atoms with Crippen molar-refractivity contribution in [2.45, 2.75) is 58.2 Å². The van der Waals surface area contributed by atoms with E-state index in [0.29, 0.717) is 12.5 Å². The van der Waals surface area contributed by atoms with Gasteiger partial charge in [-0.25, -0.2) is 4.79 Å². The summed E-state index contributed by atoms with van der Waals surface area (Å²) in [6.45, 7) is 8.90. The Morgan fingerprint density at radius 1 is 1.32 bits per heavy atom. The quantitative estimate of drug-likeness (QED) is 0.564. The van der Waals surface area contributed by atoms with Crippen molar-refractivity contribution in [1.82, 2.24) is 5.32 Å². The number of nitrogens with one attached hydrogen (secondary N) is 1. The number of ether oxygens (including phenoxy) is 2. The molecule has 0 saturated heterocycles. The molecule has 0 aliphatic heterocycles. The van der Waals surface area contributed by atoms with E-state index in [1.807, 2.05) is 27.7 Å². The second-order valence-corrected chi connectivity index (χ2v) is 7.31. The van der Waals surface area contributed by atoms with E-state index >= 15 is 0 Å². The molecule has 1 saturated carbocycles. The van der Waals surface area contributed by atoms with E-state index in [9.17, 15) is 4.79 Å². The molecule has 1 unspecified atom stereocenters. The van der Waals surface area contributed by atoms with Crippen LogP contribution in [0.2, 0.25) is 0 Å². The van der Waals surface area contributed by atoms with Crippen molar-refractivity contribution in [3.63, 3.8) is 0 Å². The van der Waals surface area contributed by atoms with E-state index < -0.39 is 5.60 Å². The molecule has 0 bridgehead atoms. The number of halogens is 1. The van der Waals surface area contributed by atoms with E-state index in [1.165, 1.54) is 19.3 Å². The smallest absolute Gasteiger partial charge is 0.407 e. The molecule has 0 heterocycles. The number of alkyl halides is 1. The van der Waals surface area contributed by atoms with Crippen LogP contribution in [0, 0.1) is 5.92 Å². The molecule has 0 aromatic heterocycles. The van der Waals surface area contributed by atoms with Crippen LogP contribution in [0.5, 0.6) is 0 Å². The Morgan fingerprint density at radius 2 is 1.95 bits per heavy atom. The minimum atomic E-state index is -0.461. The lowest BCUT2D eigenvalue weighted by atomic mass is 9.86. The van der Waals surface area contributed by atoms with Gasteiger partial charge in [0.2, 0.25) is 0 Å². The molecule has 19 heavy (non-hydrogen) atoms. The Balaban J connectivity index is 2.31. The summed E-state index contributed by atoms with van der Waals surface area (Å²) in [4.78, 5) is 11.6.